The van der Waals surface area contributed by atoms with Crippen LogP contribution in [0.5, 0.6) is 0 Å². The Hall–Kier alpha value is -1.16. The zero-order valence-corrected chi connectivity index (χ0v) is 10.7. The molecule has 1 aromatic carbocycles. The predicted octanol–water partition coefficient (Wildman–Crippen LogP) is 3.50. The Morgan fingerprint density at radius 2 is 1.94 bits per heavy atom. The molecule has 0 aromatic heterocycles. The van der Waals surface area contributed by atoms with Gasteiger partial charge in [-0.25, -0.2) is 8.78 Å². The summed E-state index contributed by atoms with van der Waals surface area (Å²) in [7, 11) is 1.62. The smallest absolute Gasteiger partial charge is 0.152 e. The molecule has 0 saturated heterocycles. The highest BCUT2D eigenvalue weighted by Gasteiger charge is 2.17. The molecule has 1 N–H and O–H groups in total. The van der Waals surface area contributed by atoms with E-state index in [9.17, 15) is 8.78 Å². The van der Waals surface area contributed by atoms with E-state index in [2.05, 4.69) is 5.32 Å². The summed E-state index contributed by atoms with van der Waals surface area (Å²) in [5.74, 6) is -1.09. The molecule has 0 atom stereocenters. The number of halogens is 2. The maximum atomic E-state index is 13.6. The van der Waals surface area contributed by atoms with Crippen LogP contribution in [0, 0.1) is 18.6 Å². The fourth-order valence-electron chi connectivity index (χ4n) is 1.41. The van der Waals surface area contributed by atoms with Gasteiger partial charge in [0.05, 0.1) is 5.60 Å². The van der Waals surface area contributed by atoms with Crippen molar-refractivity contribution < 1.29 is 13.5 Å². The molecule has 0 bridgehead atoms. The van der Waals surface area contributed by atoms with E-state index in [1.165, 1.54) is 12.1 Å². The van der Waals surface area contributed by atoms with Gasteiger partial charge in [-0.2, -0.15) is 0 Å². The minimum atomic E-state index is -0.566. The van der Waals surface area contributed by atoms with Gasteiger partial charge >= 0.3 is 0 Å². The van der Waals surface area contributed by atoms with Crippen LogP contribution >= 0.6 is 0 Å². The first-order valence-electron chi connectivity index (χ1n) is 5.61. The third-order valence-electron chi connectivity index (χ3n) is 2.87. The van der Waals surface area contributed by atoms with Crippen molar-refractivity contribution in [3.8, 4) is 0 Å². The van der Waals surface area contributed by atoms with E-state index >= 15 is 0 Å². The fraction of sp³-hybridized carbons (Fsp3) is 0.538. The molecule has 0 radical (unpaired) electrons. The number of hydrogen-bond donors (Lipinski definition) is 1. The second-order valence-corrected chi connectivity index (χ2v) is 4.69. The molecule has 0 aliphatic rings. The lowest BCUT2D eigenvalue weighted by atomic mass is 10.1. The Bertz CT molecular complexity index is 391. The van der Waals surface area contributed by atoms with E-state index in [4.69, 9.17) is 4.74 Å². The molecule has 17 heavy (non-hydrogen) atoms. The number of ether oxygens (including phenoxy) is 1. The zero-order chi connectivity index (χ0) is 13.1. The van der Waals surface area contributed by atoms with Crippen LogP contribution in [0.2, 0.25) is 0 Å². The molecular formula is C13H19F2NO. The van der Waals surface area contributed by atoms with Gasteiger partial charge in [-0.05, 0) is 38.8 Å². The van der Waals surface area contributed by atoms with Gasteiger partial charge in [0.2, 0.25) is 0 Å². The highest BCUT2D eigenvalue weighted by molar-refractivity contribution is 5.48. The first kappa shape index (κ1) is 13.9. The largest absolute Gasteiger partial charge is 0.380 e. The molecule has 0 unspecified atom stereocenters. The molecule has 0 heterocycles. The van der Waals surface area contributed by atoms with Gasteiger partial charge in [0.15, 0.2) is 5.82 Å². The third kappa shape index (κ3) is 3.66. The zero-order valence-electron chi connectivity index (χ0n) is 10.7. The highest BCUT2D eigenvalue weighted by Crippen LogP contribution is 2.22. The molecule has 4 heteroatoms. The molecule has 2 nitrogen and oxygen atoms in total. The molecule has 0 spiro atoms. The summed E-state index contributed by atoms with van der Waals surface area (Å²) in [6, 6.07) is 2.69. The first-order valence-corrected chi connectivity index (χ1v) is 5.61. The van der Waals surface area contributed by atoms with E-state index in [-0.39, 0.29) is 11.3 Å². The van der Waals surface area contributed by atoms with Crippen molar-refractivity contribution in [1.29, 1.82) is 0 Å². The first-order chi connectivity index (χ1) is 7.87. The Morgan fingerprint density at radius 3 is 2.53 bits per heavy atom. The normalized spacial score (nSPS) is 11.6. The number of benzene rings is 1. The maximum Gasteiger partial charge on any atom is 0.152 e. The standard InChI is InChI=1S/C13H19F2NO/c1-9-5-6-10(14)12(11(9)15)16-8-7-13(2,3)17-4/h5-6,16H,7-8H2,1-4H3. The molecule has 0 amide bonds. The fourth-order valence-corrected chi connectivity index (χ4v) is 1.41. The number of hydrogen-bond acceptors (Lipinski definition) is 2. The Labute approximate surface area is 101 Å². The molecule has 1 aromatic rings. The van der Waals surface area contributed by atoms with Crippen molar-refractivity contribution >= 4 is 5.69 Å². The Kier molecular flexibility index (Phi) is 4.46. The van der Waals surface area contributed by atoms with E-state index in [1.54, 1.807) is 14.0 Å². The third-order valence-corrected chi connectivity index (χ3v) is 2.87. The van der Waals surface area contributed by atoms with Gasteiger partial charge in [-0.3, -0.25) is 0 Å². The van der Waals surface area contributed by atoms with Crippen LogP contribution in [-0.4, -0.2) is 19.3 Å². The van der Waals surface area contributed by atoms with Crippen LogP contribution in [0.4, 0.5) is 14.5 Å². The second-order valence-electron chi connectivity index (χ2n) is 4.69. The van der Waals surface area contributed by atoms with Gasteiger partial charge < -0.3 is 10.1 Å². The van der Waals surface area contributed by atoms with Crippen molar-refractivity contribution in [2.24, 2.45) is 0 Å². The van der Waals surface area contributed by atoms with E-state index in [1.807, 2.05) is 13.8 Å². The lowest BCUT2D eigenvalue weighted by Gasteiger charge is -2.23. The topological polar surface area (TPSA) is 21.3 Å². The number of anilines is 1. The van der Waals surface area contributed by atoms with E-state index < -0.39 is 11.6 Å². The van der Waals surface area contributed by atoms with Crippen molar-refractivity contribution in [3.63, 3.8) is 0 Å². The summed E-state index contributed by atoms with van der Waals surface area (Å²) < 4.78 is 32.3. The Morgan fingerprint density at radius 1 is 1.29 bits per heavy atom. The minimum absolute atomic E-state index is 0.0584. The van der Waals surface area contributed by atoms with Crippen LogP contribution in [0.25, 0.3) is 0 Å². The lowest BCUT2D eigenvalue weighted by molar-refractivity contribution is 0.0184. The average molecular weight is 243 g/mol. The average Bonchev–Trinajstić information content (AvgIpc) is 2.28. The number of rotatable bonds is 5. The van der Waals surface area contributed by atoms with E-state index in [0.29, 0.717) is 18.5 Å². The summed E-state index contributed by atoms with van der Waals surface area (Å²) in [6.07, 6.45) is 0.663. The van der Waals surface area contributed by atoms with Gasteiger partial charge in [0.25, 0.3) is 0 Å². The van der Waals surface area contributed by atoms with Crippen LogP contribution in [0.3, 0.4) is 0 Å². The van der Waals surface area contributed by atoms with Crippen molar-refractivity contribution in [2.75, 3.05) is 19.0 Å². The van der Waals surface area contributed by atoms with Crippen LogP contribution in [-0.2, 0) is 4.74 Å². The van der Waals surface area contributed by atoms with Gasteiger partial charge in [0.1, 0.15) is 11.5 Å². The summed E-state index contributed by atoms with van der Waals surface area (Å²) in [6.45, 7) is 5.92. The molecule has 0 fully saturated rings. The SMILES string of the molecule is COC(C)(C)CCNc1c(F)ccc(C)c1F. The maximum absolute atomic E-state index is 13.6. The lowest BCUT2D eigenvalue weighted by Crippen LogP contribution is -2.26. The molecular weight excluding hydrogens is 224 g/mol. The summed E-state index contributed by atoms with van der Waals surface area (Å²) >= 11 is 0. The molecule has 96 valence electrons. The van der Waals surface area contributed by atoms with Crippen LogP contribution < -0.4 is 5.32 Å². The van der Waals surface area contributed by atoms with Gasteiger partial charge in [0, 0.05) is 13.7 Å². The molecule has 1 rings (SSSR count). The van der Waals surface area contributed by atoms with Crippen molar-refractivity contribution in [2.45, 2.75) is 32.8 Å². The number of aryl methyl sites for hydroxylation is 1. The summed E-state index contributed by atoms with van der Waals surface area (Å²) in [5, 5.41) is 2.78. The number of methoxy groups -OCH3 is 1. The quantitative estimate of drug-likeness (QED) is 0.854. The Balaban J connectivity index is 2.67. The van der Waals surface area contributed by atoms with Crippen LogP contribution in [0.1, 0.15) is 25.8 Å². The van der Waals surface area contributed by atoms with E-state index in [0.717, 1.165) is 0 Å². The molecule has 0 saturated carbocycles. The monoisotopic (exact) mass is 243 g/mol. The molecule has 0 aliphatic heterocycles. The predicted molar refractivity (Wildman–Crippen MR) is 65.3 cm³/mol. The number of nitrogens with one attached hydrogen (secondary N) is 1. The van der Waals surface area contributed by atoms with Gasteiger partial charge in [-0.1, -0.05) is 6.07 Å². The highest BCUT2D eigenvalue weighted by atomic mass is 19.1. The minimum Gasteiger partial charge on any atom is -0.380 e. The second kappa shape index (κ2) is 5.45. The van der Waals surface area contributed by atoms with Crippen LogP contribution in [0.15, 0.2) is 12.1 Å². The van der Waals surface area contributed by atoms with Crippen molar-refractivity contribution in [3.05, 3.63) is 29.3 Å². The van der Waals surface area contributed by atoms with Crippen molar-refractivity contribution in [1.82, 2.24) is 0 Å². The summed E-state index contributed by atoms with van der Waals surface area (Å²) in [4.78, 5) is 0. The van der Waals surface area contributed by atoms with Gasteiger partial charge in [-0.15, -0.1) is 0 Å². The summed E-state index contributed by atoms with van der Waals surface area (Å²) in [5.41, 5.74) is 0.0702. The molecule has 0 aliphatic carbocycles.